The van der Waals surface area contributed by atoms with Gasteiger partial charge in [-0.15, -0.1) is 5.10 Å². The minimum atomic E-state index is -1.00. The number of carboxylic acids is 1. The first-order valence-electron chi connectivity index (χ1n) is 5.77. The van der Waals surface area contributed by atoms with Crippen LogP contribution in [0.4, 0.5) is 0 Å². The molecule has 0 fully saturated rings. The Morgan fingerprint density at radius 2 is 2.15 bits per heavy atom. The lowest BCUT2D eigenvalue weighted by Gasteiger charge is -2.09. The summed E-state index contributed by atoms with van der Waals surface area (Å²) in [7, 11) is 0. The molecule has 0 bridgehead atoms. The van der Waals surface area contributed by atoms with Crippen LogP contribution in [0.3, 0.4) is 0 Å². The van der Waals surface area contributed by atoms with Gasteiger partial charge in [0.25, 0.3) is 0 Å². The molecule has 0 aliphatic rings. The van der Waals surface area contributed by atoms with Crippen LogP contribution in [0, 0.1) is 0 Å². The highest BCUT2D eigenvalue weighted by Gasteiger charge is 2.14. The van der Waals surface area contributed by atoms with E-state index in [-0.39, 0.29) is 17.3 Å². The van der Waals surface area contributed by atoms with Crippen LogP contribution < -0.4 is 5.69 Å². The largest absolute Gasteiger partial charge is 0.478 e. The Labute approximate surface area is 127 Å². The molecule has 1 aromatic carbocycles. The van der Waals surface area contributed by atoms with E-state index in [0.29, 0.717) is 14.5 Å². The van der Waals surface area contributed by atoms with Crippen LogP contribution >= 0.6 is 27.7 Å². The van der Waals surface area contributed by atoms with Gasteiger partial charge in [-0.2, -0.15) is 0 Å². The molecule has 20 heavy (non-hydrogen) atoms. The second-order valence-corrected chi connectivity index (χ2v) is 6.31. The summed E-state index contributed by atoms with van der Waals surface area (Å²) in [5.41, 5.74) is -0.105. The lowest BCUT2D eigenvalue weighted by atomic mass is 10.2. The summed E-state index contributed by atoms with van der Waals surface area (Å²) in [5.74, 6) is -1.00. The van der Waals surface area contributed by atoms with Gasteiger partial charge < -0.3 is 5.11 Å². The van der Waals surface area contributed by atoms with Crippen LogP contribution in [0.2, 0.25) is 0 Å². The number of carbonyl (C=O) groups is 1. The van der Waals surface area contributed by atoms with Gasteiger partial charge in [0.1, 0.15) is 0 Å². The van der Waals surface area contributed by atoms with Gasteiger partial charge in [-0.05, 0) is 43.8 Å². The average molecular weight is 358 g/mol. The lowest BCUT2D eigenvalue weighted by Crippen LogP contribution is -2.19. The molecule has 0 radical (unpaired) electrons. The van der Waals surface area contributed by atoms with E-state index in [2.05, 4.69) is 26.1 Å². The van der Waals surface area contributed by atoms with Crippen LogP contribution in [-0.2, 0) is 0 Å². The van der Waals surface area contributed by atoms with Crippen molar-refractivity contribution in [1.29, 1.82) is 0 Å². The molecular weight excluding hydrogens is 346 g/mol. The molecule has 0 aliphatic heterocycles. The van der Waals surface area contributed by atoms with Crippen LogP contribution in [0.1, 0.15) is 30.2 Å². The zero-order valence-corrected chi connectivity index (χ0v) is 13.2. The number of benzene rings is 1. The third-order valence-corrected chi connectivity index (χ3v) is 3.92. The summed E-state index contributed by atoms with van der Waals surface area (Å²) < 4.78 is 2.18. The SMILES string of the molecule is CC(C)n1c(Sc2cc(Br)cc(C(=O)O)c2)n[nH]c1=O. The van der Waals surface area contributed by atoms with Crippen molar-refractivity contribution in [3.63, 3.8) is 0 Å². The topological polar surface area (TPSA) is 88.0 Å². The first-order valence-corrected chi connectivity index (χ1v) is 7.38. The Hall–Kier alpha value is -1.54. The summed E-state index contributed by atoms with van der Waals surface area (Å²) >= 11 is 4.51. The molecule has 6 nitrogen and oxygen atoms in total. The number of aromatic amines is 1. The van der Waals surface area contributed by atoms with Crippen molar-refractivity contribution < 1.29 is 9.90 Å². The van der Waals surface area contributed by atoms with Gasteiger partial charge in [0.05, 0.1) is 5.56 Å². The highest BCUT2D eigenvalue weighted by molar-refractivity contribution is 9.10. The summed E-state index contributed by atoms with van der Waals surface area (Å²) in [6.07, 6.45) is 0. The number of aromatic carboxylic acids is 1. The number of nitrogens with one attached hydrogen (secondary N) is 1. The van der Waals surface area contributed by atoms with Crippen molar-refractivity contribution in [3.8, 4) is 0 Å². The second-order valence-electron chi connectivity index (χ2n) is 4.36. The van der Waals surface area contributed by atoms with Gasteiger partial charge in [0.15, 0.2) is 5.16 Å². The minimum absolute atomic E-state index is 0.0325. The molecule has 0 saturated carbocycles. The third kappa shape index (κ3) is 3.13. The molecule has 2 rings (SSSR count). The number of hydrogen-bond donors (Lipinski definition) is 2. The standard InChI is InChI=1S/C12H12BrN3O3S/c1-6(2)16-11(19)14-15-12(16)20-9-4-7(10(17)18)3-8(13)5-9/h3-6H,1-2H3,(H,14,19)(H,17,18). The number of nitrogens with zero attached hydrogens (tertiary/aromatic N) is 2. The van der Waals surface area contributed by atoms with Crippen LogP contribution in [-0.4, -0.2) is 25.8 Å². The molecule has 2 N–H and O–H groups in total. The first-order chi connectivity index (χ1) is 9.38. The maximum absolute atomic E-state index is 11.6. The lowest BCUT2D eigenvalue weighted by molar-refractivity contribution is 0.0696. The maximum Gasteiger partial charge on any atom is 0.344 e. The van der Waals surface area contributed by atoms with E-state index in [4.69, 9.17) is 5.11 Å². The second kappa shape index (κ2) is 5.84. The molecule has 0 amide bonds. The molecule has 0 aliphatic carbocycles. The van der Waals surface area contributed by atoms with Gasteiger partial charge in [0.2, 0.25) is 0 Å². The van der Waals surface area contributed by atoms with E-state index in [9.17, 15) is 9.59 Å². The quantitative estimate of drug-likeness (QED) is 0.878. The number of hydrogen-bond acceptors (Lipinski definition) is 4. The fourth-order valence-corrected chi connectivity index (χ4v) is 3.38. The fraction of sp³-hybridized carbons (Fsp3) is 0.250. The van der Waals surface area contributed by atoms with Gasteiger partial charge in [-0.25, -0.2) is 14.7 Å². The Bertz CT molecular complexity index is 708. The number of H-pyrrole nitrogens is 1. The predicted octanol–water partition coefficient (Wildman–Crippen LogP) is 2.76. The van der Waals surface area contributed by atoms with E-state index < -0.39 is 5.97 Å². The molecule has 106 valence electrons. The van der Waals surface area contributed by atoms with E-state index in [1.54, 1.807) is 12.1 Å². The monoisotopic (exact) mass is 357 g/mol. The van der Waals surface area contributed by atoms with E-state index in [0.717, 1.165) is 0 Å². The number of halogens is 1. The molecule has 8 heteroatoms. The smallest absolute Gasteiger partial charge is 0.344 e. The van der Waals surface area contributed by atoms with Crippen molar-refractivity contribution in [1.82, 2.24) is 14.8 Å². The van der Waals surface area contributed by atoms with Crippen molar-refractivity contribution in [3.05, 3.63) is 38.7 Å². The summed E-state index contributed by atoms with van der Waals surface area (Å²) in [5, 5.41) is 15.9. The van der Waals surface area contributed by atoms with Crippen molar-refractivity contribution >= 4 is 33.7 Å². The van der Waals surface area contributed by atoms with Gasteiger partial charge in [-0.3, -0.25) is 4.57 Å². The molecule has 1 heterocycles. The Balaban J connectivity index is 2.40. The number of rotatable bonds is 4. The van der Waals surface area contributed by atoms with Gasteiger partial charge in [-0.1, -0.05) is 15.9 Å². The zero-order chi connectivity index (χ0) is 14.9. The molecule has 2 aromatic rings. The maximum atomic E-state index is 11.6. The highest BCUT2D eigenvalue weighted by atomic mass is 79.9. The third-order valence-electron chi connectivity index (χ3n) is 2.52. The van der Waals surface area contributed by atoms with Crippen molar-refractivity contribution in [2.45, 2.75) is 29.9 Å². The van der Waals surface area contributed by atoms with Gasteiger partial charge >= 0.3 is 11.7 Å². The van der Waals surface area contributed by atoms with Crippen LogP contribution in [0.25, 0.3) is 0 Å². The summed E-state index contributed by atoms with van der Waals surface area (Å²) in [6, 6.07) is 4.81. The van der Waals surface area contributed by atoms with Crippen molar-refractivity contribution in [2.24, 2.45) is 0 Å². The normalized spacial score (nSPS) is 11.0. The van der Waals surface area contributed by atoms with E-state index >= 15 is 0 Å². The summed E-state index contributed by atoms with van der Waals surface area (Å²) in [4.78, 5) is 23.4. The first kappa shape index (κ1) is 14.9. The Morgan fingerprint density at radius 1 is 1.45 bits per heavy atom. The molecule has 0 spiro atoms. The van der Waals surface area contributed by atoms with Crippen LogP contribution in [0.15, 0.2) is 37.5 Å². The molecule has 0 unspecified atom stereocenters. The highest BCUT2D eigenvalue weighted by Crippen LogP contribution is 2.30. The Kier molecular flexibility index (Phi) is 4.34. The zero-order valence-electron chi connectivity index (χ0n) is 10.8. The fourth-order valence-electron chi connectivity index (χ4n) is 1.67. The number of aromatic nitrogens is 3. The van der Waals surface area contributed by atoms with E-state index in [1.807, 2.05) is 13.8 Å². The molecule has 0 saturated heterocycles. The Morgan fingerprint density at radius 3 is 2.75 bits per heavy atom. The van der Waals surface area contributed by atoms with E-state index in [1.165, 1.54) is 22.4 Å². The predicted molar refractivity (Wildman–Crippen MR) is 78.5 cm³/mol. The van der Waals surface area contributed by atoms with Crippen molar-refractivity contribution in [2.75, 3.05) is 0 Å². The summed E-state index contributed by atoms with van der Waals surface area (Å²) in [6.45, 7) is 3.76. The number of carboxylic acid groups (broad SMARTS) is 1. The van der Waals surface area contributed by atoms with Gasteiger partial charge in [0, 0.05) is 15.4 Å². The average Bonchev–Trinajstić information content (AvgIpc) is 2.69. The molecule has 1 aromatic heterocycles. The molecular formula is C12H12BrN3O3S. The molecule has 0 atom stereocenters. The minimum Gasteiger partial charge on any atom is -0.478 e. The van der Waals surface area contributed by atoms with Crippen LogP contribution in [0.5, 0.6) is 0 Å².